The molecule has 0 bridgehead atoms. The van der Waals surface area contributed by atoms with Gasteiger partial charge >= 0.3 is 0 Å². The molecular weight excluding hydrogens is 498 g/mol. The normalized spacial score (nSPS) is 23.1. The van der Waals surface area contributed by atoms with Gasteiger partial charge in [0, 0.05) is 56.9 Å². The third-order valence-electron chi connectivity index (χ3n) is 8.32. The van der Waals surface area contributed by atoms with Gasteiger partial charge in [-0.05, 0) is 56.5 Å². The average Bonchev–Trinajstić information content (AvgIpc) is 3.50. The van der Waals surface area contributed by atoms with Crippen LogP contribution in [0.15, 0.2) is 24.3 Å². The molecule has 1 aromatic rings. The van der Waals surface area contributed by atoms with E-state index in [0.717, 1.165) is 31.9 Å². The molecule has 2 N–H and O–H groups in total. The molecule has 214 valence electrons. The van der Waals surface area contributed by atoms with E-state index in [2.05, 4.69) is 22.2 Å². The van der Waals surface area contributed by atoms with Crippen molar-refractivity contribution in [3.05, 3.63) is 29.8 Å². The second-order valence-electron chi connectivity index (χ2n) is 11.3. The van der Waals surface area contributed by atoms with Crippen LogP contribution in [0.1, 0.15) is 56.3 Å². The number of ketones is 1. The molecule has 10 heteroatoms. The van der Waals surface area contributed by atoms with E-state index in [0.29, 0.717) is 44.3 Å². The SMILES string of the molecule is CCCC(O)C(=O)N1CC(=O)C2C1CCN2C(=O)CC(C)CCNC(=O)c1ccc(N2CCN(C)CC2)cc1. The Balaban J connectivity index is 1.21. The van der Waals surface area contributed by atoms with E-state index in [-0.39, 0.29) is 42.5 Å². The Morgan fingerprint density at radius 1 is 1.03 bits per heavy atom. The summed E-state index contributed by atoms with van der Waals surface area (Å²) < 4.78 is 0. The third-order valence-corrected chi connectivity index (χ3v) is 8.32. The maximum Gasteiger partial charge on any atom is 0.252 e. The summed E-state index contributed by atoms with van der Waals surface area (Å²) in [6.07, 6.45) is 1.40. The largest absolute Gasteiger partial charge is 0.383 e. The van der Waals surface area contributed by atoms with Crippen LogP contribution >= 0.6 is 0 Å². The van der Waals surface area contributed by atoms with Crippen molar-refractivity contribution >= 4 is 29.2 Å². The summed E-state index contributed by atoms with van der Waals surface area (Å²) in [6.45, 7) is 8.71. The Morgan fingerprint density at radius 2 is 1.72 bits per heavy atom. The van der Waals surface area contributed by atoms with E-state index in [9.17, 15) is 24.3 Å². The predicted molar refractivity (Wildman–Crippen MR) is 148 cm³/mol. The number of nitrogens with zero attached hydrogens (tertiary/aromatic N) is 4. The first-order valence-corrected chi connectivity index (χ1v) is 14.3. The van der Waals surface area contributed by atoms with Crippen molar-refractivity contribution in [1.29, 1.82) is 0 Å². The minimum atomic E-state index is -1.10. The summed E-state index contributed by atoms with van der Waals surface area (Å²) in [6, 6.07) is 6.73. The monoisotopic (exact) mass is 541 g/mol. The molecule has 3 fully saturated rings. The molecule has 3 aliphatic rings. The number of likely N-dealkylation sites (N-methyl/N-ethyl adjacent to an activating group) is 1. The van der Waals surface area contributed by atoms with Crippen molar-refractivity contribution in [2.24, 2.45) is 5.92 Å². The second-order valence-corrected chi connectivity index (χ2v) is 11.3. The fourth-order valence-electron chi connectivity index (χ4n) is 5.92. The number of carbonyl (C=O) groups is 4. The highest BCUT2D eigenvalue weighted by atomic mass is 16.3. The molecule has 3 aliphatic heterocycles. The van der Waals surface area contributed by atoms with Crippen molar-refractivity contribution in [1.82, 2.24) is 20.0 Å². The number of fused-ring (bicyclic) bond motifs is 1. The highest BCUT2D eigenvalue weighted by Crippen LogP contribution is 2.31. The maximum atomic E-state index is 13.1. The Morgan fingerprint density at radius 3 is 2.38 bits per heavy atom. The zero-order valence-corrected chi connectivity index (χ0v) is 23.5. The van der Waals surface area contributed by atoms with Gasteiger partial charge in [0.2, 0.25) is 5.91 Å². The van der Waals surface area contributed by atoms with Gasteiger partial charge in [-0.2, -0.15) is 0 Å². The van der Waals surface area contributed by atoms with Crippen molar-refractivity contribution < 1.29 is 24.3 Å². The number of benzene rings is 1. The van der Waals surface area contributed by atoms with Crippen LogP contribution in [0.4, 0.5) is 5.69 Å². The quantitative estimate of drug-likeness (QED) is 0.457. The topological polar surface area (TPSA) is 114 Å². The van der Waals surface area contributed by atoms with Crippen LogP contribution in [0.2, 0.25) is 0 Å². The summed E-state index contributed by atoms with van der Waals surface area (Å²) in [5.41, 5.74) is 1.74. The van der Waals surface area contributed by atoms with Crippen LogP contribution in [0.25, 0.3) is 0 Å². The minimum absolute atomic E-state index is 0.0251. The van der Waals surface area contributed by atoms with E-state index in [1.807, 2.05) is 38.1 Å². The van der Waals surface area contributed by atoms with Crippen LogP contribution < -0.4 is 10.2 Å². The third kappa shape index (κ3) is 6.78. The number of hydrogen-bond acceptors (Lipinski definition) is 7. The van der Waals surface area contributed by atoms with Crippen LogP contribution in [0, 0.1) is 5.92 Å². The maximum absolute atomic E-state index is 13.1. The lowest BCUT2D eigenvalue weighted by molar-refractivity contribution is -0.142. The molecule has 1 aromatic carbocycles. The van der Waals surface area contributed by atoms with Gasteiger partial charge in [0.25, 0.3) is 11.8 Å². The number of aliphatic hydroxyl groups excluding tert-OH is 1. The Hall–Kier alpha value is -2.98. The zero-order valence-electron chi connectivity index (χ0n) is 23.5. The van der Waals surface area contributed by atoms with Gasteiger partial charge in [-0.15, -0.1) is 0 Å². The lowest BCUT2D eigenvalue weighted by atomic mass is 10.0. The van der Waals surface area contributed by atoms with Gasteiger partial charge in [0.05, 0.1) is 12.6 Å². The number of hydrogen-bond donors (Lipinski definition) is 2. The van der Waals surface area contributed by atoms with Gasteiger partial charge in [-0.25, -0.2) is 0 Å². The zero-order chi connectivity index (χ0) is 28.1. The van der Waals surface area contributed by atoms with E-state index in [4.69, 9.17) is 0 Å². The number of nitrogens with one attached hydrogen (secondary N) is 1. The summed E-state index contributed by atoms with van der Waals surface area (Å²) in [7, 11) is 2.12. The van der Waals surface area contributed by atoms with Crippen LogP contribution in [-0.2, 0) is 14.4 Å². The first-order chi connectivity index (χ1) is 18.7. The molecule has 3 amide bonds. The molecule has 4 rings (SSSR count). The molecule has 39 heavy (non-hydrogen) atoms. The molecule has 4 atom stereocenters. The molecule has 0 spiro atoms. The van der Waals surface area contributed by atoms with Crippen LogP contribution in [0.5, 0.6) is 0 Å². The number of likely N-dealkylation sites (tertiary alicyclic amines) is 2. The van der Waals surface area contributed by atoms with Crippen molar-refractivity contribution in [2.75, 3.05) is 57.8 Å². The Kier molecular flexibility index (Phi) is 9.61. The molecule has 3 heterocycles. The van der Waals surface area contributed by atoms with Gasteiger partial charge < -0.3 is 30.0 Å². The van der Waals surface area contributed by atoms with Gasteiger partial charge in [0.15, 0.2) is 5.78 Å². The van der Waals surface area contributed by atoms with Crippen LogP contribution in [0.3, 0.4) is 0 Å². The smallest absolute Gasteiger partial charge is 0.252 e. The molecule has 0 saturated carbocycles. The summed E-state index contributed by atoms with van der Waals surface area (Å²) in [5, 5.41) is 13.1. The standard InChI is InChI=1S/C29H43N5O5/c1-4-5-24(35)29(39)34-19-25(36)27-23(34)11-13-33(27)26(37)18-20(2)10-12-30-28(38)21-6-8-22(9-7-21)32-16-14-31(3)15-17-32/h6-9,20,23-24,27,35H,4-5,10-19H2,1-3H3,(H,30,38). The minimum Gasteiger partial charge on any atom is -0.383 e. The molecule has 0 radical (unpaired) electrons. The Labute approximate surface area is 231 Å². The summed E-state index contributed by atoms with van der Waals surface area (Å²) in [4.78, 5) is 58.8. The number of anilines is 1. The summed E-state index contributed by atoms with van der Waals surface area (Å²) in [5.74, 6) is -0.756. The molecule has 4 unspecified atom stereocenters. The number of rotatable bonds is 10. The van der Waals surface area contributed by atoms with Crippen LogP contribution in [-0.4, -0.2) is 114 Å². The number of Topliss-reactive ketones (excluding diaryl/α,β-unsaturated/α-hetero) is 1. The summed E-state index contributed by atoms with van der Waals surface area (Å²) >= 11 is 0. The average molecular weight is 542 g/mol. The van der Waals surface area contributed by atoms with E-state index in [1.54, 1.807) is 4.90 Å². The molecule has 0 aliphatic carbocycles. The molecule has 10 nitrogen and oxygen atoms in total. The fourth-order valence-corrected chi connectivity index (χ4v) is 5.92. The van der Waals surface area contributed by atoms with E-state index < -0.39 is 18.1 Å². The number of aliphatic hydroxyl groups is 1. The molecule has 0 aromatic heterocycles. The highest BCUT2D eigenvalue weighted by molar-refractivity contribution is 5.98. The van der Waals surface area contributed by atoms with Crippen molar-refractivity contribution in [3.8, 4) is 0 Å². The highest BCUT2D eigenvalue weighted by Gasteiger charge is 2.51. The van der Waals surface area contributed by atoms with Crippen molar-refractivity contribution in [3.63, 3.8) is 0 Å². The first kappa shape index (κ1) is 29.0. The first-order valence-electron chi connectivity index (χ1n) is 14.3. The van der Waals surface area contributed by atoms with Gasteiger partial charge in [0.1, 0.15) is 12.1 Å². The van der Waals surface area contributed by atoms with Crippen molar-refractivity contribution in [2.45, 2.75) is 64.1 Å². The number of carbonyl (C=O) groups excluding carboxylic acids is 4. The second kappa shape index (κ2) is 12.9. The van der Waals surface area contributed by atoms with E-state index in [1.165, 1.54) is 4.90 Å². The fraction of sp³-hybridized carbons (Fsp3) is 0.655. The van der Waals surface area contributed by atoms with E-state index >= 15 is 0 Å². The predicted octanol–water partition coefficient (Wildman–Crippen LogP) is 1.13. The number of amides is 3. The molecule has 3 saturated heterocycles. The molecular formula is C29H43N5O5. The van der Waals surface area contributed by atoms with Gasteiger partial charge in [-0.3, -0.25) is 19.2 Å². The lowest BCUT2D eigenvalue weighted by Gasteiger charge is -2.34. The number of piperazine rings is 1. The Bertz CT molecular complexity index is 1040. The lowest BCUT2D eigenvalue weighted by Crippen LogP contribution is -2.45. The van der Waals surface area contributed by atoms with Gasteiger partial charge in [-0.1, -0.05) is 20.3 Å².